The van der Waals surface area contributed by atoms with E-state index in [0.29, 0.717) is 24.3 Å². The average Bonchev–Trinajstić information content (AvgIpc) is 3.15. The number of esters is 1. The Hall–Kier alpha value is -3.49. The zero-order valence-corrected chi connectivity index (χ0v) is 19.5. The molecule has 8 heteroatoms. The van der Waals surface area contributed by atoms with Gasteiger partial charge < -0.3 is 10.1 Å². The van der Waals surface area contributed by atoms with Crippen LogP contribution in [-0.2, 0) is 10.0 Å². The first kappa shape index (κ1) is 23.7. The number of rotatable bonds is 6. The summed E-state index contributed by atoms with van der Waals surface area (Å²) in [4.78, 5) is 25.2. The SMILES string of the molecule is O=C(Nc1cccc(OC(=O)c2cccc(S(=O)(=O)N3CCCCCC3)c2)c1)c1ccccc1. The van der Waals surface area contributed by atoms with Crippen molar-refractivity contribution in [1.82, 2.24) is 4.31 Å². The summed E-state index contributed by atoms with van der Waals surface area (Å²) < 4.78 is 33.1. The number of hydrogen-bond acceptors (Lipinski definition) is 5. The Morgan fingerprint density at radius 2 is 1.44 bits per heavy atom. The third-order valence-corrected chi connectivity index (χ3v) is 7.51. The molecule has 34 heavy (non-hydrogen) atoms. The molecule has 176 valence electrons. The number of amides is 1. The van der Waals surface area contributed by atoms with E-state index in [1.54, 1.807) is 42.5 Å². The Morgan fingerprint density at radius 3 is 2.18 bits per heavy atom. The summed E-state index contributed by atoms with van der Waals surface area (Å²) in [5.41, 5.74) is 1.11. The minimum Gasteiger partial charge on any atom is -0.423 e. The molecule has 1 N–H and O–H groups in total. The summed E-state index contributed by atoms with van der Waals surface area (Å²) in [6.07, 6.45) is 3.70. The fourth-order valence-electron chi connectivity index (χ4n) is 3.81. The molecular weight excluding hydrogens is 452 g/mol. The molecule has 1 saturated heterocycles. The van der Waals surface area contributed by atoms with Gasteiger partial charge in [-0.15, -0.1) is 0 Å². The number of hydrogen-bond donors (Lipinski definition) is 1. The van der Waals surface area contributed by atoms with Crippen LogP contribution in [0, 0.1) is 0 Å². The molecule has 3 aromatic rings. The molecule has 0 spiro atoms. The second kappa shape index (κ2) is 10.6. The fourth-order valence-corrected chi connectivity index (χ4v) is 5.37. The third kappa shape index (κ3) is 5.70. The van der Waals surface area contributed by atoms with Gasteiger partial charge in [0.1, 0.15) is 5.75 Å². The van der Waals surface area contributed by atoms with Crippen LogP contribution in [0.15, 0.2) is 83.8 Å². The highest BCUT2D eigenvalue weighted by Crippen LogP contribution is 2.23. The number of sulfonamides is 1. The highest BCUT2D eigenvalue weighted by molar-refractivity contribution is 7.89. The van der Waals surface area contributed by atoms with Crippen molar-refractivity contribution in [3.63, 3.8) is 0 Å². The second-order valence-electron chi connectivity index (χ2n) is 8.08. The molecule has 7 nitrogen and oxygen atoms in total. The molecule has 0 aromatic heterocycles. The van der Waals surface area contributed by atoms with Crippen molar-refractivity contribution in [2.45, 2.75) is 30.6 Å². The first-order valence-electron chi connectivity index (χ1n) is 11.2. The number of anilines is 1. The van der Waals surface area contributed by atoms with Crippen LogP contribution in [0.3, 0.4) is 0 Å². The van der Waals surface area contributed by atoms with E-state index >= 15 is 0 Å². The van der Waals surface area contributed by atoms with Crippen molar-refractivity contribution in [3.05, 3.63) is 90.0 Å². The van der Waals surface area contributed by atoms with Crippen molar-refractivity contribution < 1.29 is 22.7 Å². The van der Waals surface area contributed by atoms with E-state index < -0.39 is 16.0 Å². The quantitative estimate of drug-likeness (QED) is 0.409. The highest BCUT2D eigenvalue weighted by Gasteiger charge is 2.26. The fraction of sp³-hybridized carbons (Fsp3) is 0.231. The molecule has 1 amide bonds. The molecule has 1 fully saturated rings. The summed E-state index contributed by atoms with van der Waals surface area (Å²) in [6.45, 7) is 0.969. The van der Waals surface area contributed by atoms with Gasteiger partial charge in [0.2, 0.25) is 10.0 Å². The summed E-state index contributed by atoms with van der Waals surface area (Å²) in [5, 5.41) is 2.77. The normalized spacial score (nSPS) is 14.7. The van der Waals surface area contributed by atoms with Crippen LogP contribution in [0.25, 0.3) is 0 Å². The standard InChI is InChI=1S/C26H26N2O5S/c29-25(20-10-4-3-5-11-20)27-22-13-9-14-23(19-22)33-26(30)21-12-8-15-24(18-21)34(31,32)28-16-6-1-2-7-17-28/h3-5,8-15,18-19H,1-2,6-7,16-17H2,(H,27,29). The largest absolute Gasteiger partial charge is 0.423 e. The molecule has 0 atom stereocenters. The van der Waals surface area contributed by atoms with E-state index in [0.717, 1.165) is 25.7 Å². The molecule has 0 saturated carbocycles. The van der Waals surface area contributed by atoms with Crippen molar-refractivity contribution in [2.75, 3.05) is 18.4 Å². The summed E-state index contributed by atoms with van der Waals surface area (Å²) in [6, 6.07) is 21.1. The first-order valence-corrected chi connectivity index (χ1v) is 12.7. The van der Waals surface area contributed by atoms with E-state index in [2.05, 4.69) is 5.32 Å². The van der Waals surface area contributed by atoms with Gasteiger partial charge in [0.05, 0.1) is 10.5 Å². The first-order chi connectivity index (χ1) is 16.4. The lowest BCUT2D eigenvalue weighted by Gasteiger charge is -2.20. The van der Waals surface area contributed by atoms with Gasteiger partial charge in [-0.2, -0.15) is 4.31 Å². The number of carbonyl (C=O) groups is 2. The Labute approximate surface area is 199 Å². The Balaban J connectivity index is 1.47. The van der Waals surface area contributed by atoms with Crippen LogP contribution >= 0.6 is 0 Å². The number of carbonyl (C=O) groups excluding carboxylic acids is 2. The lowest BCUT2D eigenvalue weighted by atomic mass is 10.2. The third-order valence-electron chi connectivity index (χ3n) is 5.61. The molecule has 4 rings (SSSR count). The molecule has 0 radical (unpaired) electrons. The maximum absolute atomic E-state index is 13.1. The maximum Gasteiger partial charge on any atom is 0.343 e. The van der Waals surface area contributed by atoms with Gasteiger partial charge in [-0.25, -0.2) is 13.2 Å². The van der Waals surface area contributed by atoms with E-state index in [1.807, 2.05) is 6.07 Å². The second-order valence-corrected chi connectivity index (χ2v) is 10.0. The van der Waals surface area contributed by atoms with Gasteiger partial charge in [0, 0.05) is 30.4 Å². The van der Waals surface area contributed by atoms with Crippen molar-refractivity contribution in [1.29, 1.82) is 0 Å². The smallest absolute Gasteiger partial charge is 0.343 e. The van der Waals surface area contributed by atoms with Crippen molar-refractivity contribution in [2.24, 2.45) is 0 Å². The Morgan fingerprint density at radius 1 is 0.765 bits per heavy atom. The van der Waals surface area contributed by atoms with Crippen LogP contribution in [-0.4, -0.2) is 37.7 Å². The molecule has 0 aliphatic carbocycles. The lowest BCUT2D eigenvalue weighted by Crippen LogP contribution is -2.32. The molecule has 3 aromatic carbocycles. The maximum atomic E-state index is 13.1. The minimum absolute atomic E-state index is 0.0766. The number of nitrogens with zero attached hydrogens (tertiary/aromatic N) is 1. The molecule has 1 aliphatic heterocycles. The van der Waals surface area contributed by atoms with Gasteiger partial charge in [0.25, 0.3) is 5.91 Å². The molecule has 1 aliphatic rings. The number of ether oxygens (including phenoxy) is 1. The molecule has 0 unspecified atom stereocenters. The average molecular weight is 479 g/mol. The Bertz CT molecular complexity index is 1270. The molecule has 1 heterocycles. The van der Waals surface area contributed by atoms with E-state index in [4.69, 9.17) is 4.74 Å². The van der Waals surface area contributed by atoms with E-state index in [1.165, 1.54) is 34.6 Å². The minimum atomic E-state index is -3.68. The predicted octanol–water partition coefficient (Wildman–Crippen LogP) is 4.72. The van der Waals surface area contributed by atoms with Gasteiger partial charge >= 0.3 is 5.97 Å². The van der Waals surface area contributed by atoms with Gasteiger partial charge in [-0.1, -0.05) is 43.2 Å². The highest BCUT2D eigenvalue weighted by atomic mass is 32.2. The van der Waals surface area contributed by atoms with Gasteiger partial charge in [-0.05, 0) is 55.3 Å². The molecule has 0 bridgehead atoms. The summed E-state index contributed by atoms with van der Waals surface area (Å²) in [7, 11) is -3.68. The van der Waals surface area contributed by atoms with Crippen LogP contribution in [0.2, 0.25) is 0 Å². The summed E-state index contributed by atoms with van der Waals surface area (Å²) >= 11 is 0. The summed E-state index contributed by atoms with van der Waals surface area (Å²) in [5.74, 6) is -0.730. The van der Waals surface area contributed by atoms with E-state index in [-0.39, 0.29) is 22.1 Å². The monoisotopic (exact) mass is 478 g/mol. The number of benzene rings is 3. The predicted molar refractivity (Wildman–Crippen MR) is 129 cm³/mol. The van der Waals surface area contributed by atoms with Crippen LogP contribution in [0.4, 0.5) is 5.69 Å². The Kier molecular flexibility index (Phi) is 7.40. The van der Waals surface area contributed by atoms with Crippen LogP contribution in [0.5, 0.6) is 5.75 Å². The zero-order valence-electron chi connectivity index (χ0n) is 18.6. The van der Waals surface area contributed by atoms with Crippen molar-refractivity contribution in [3.8, 4) is 5.75 Å². The van der Waals surface area contributed by atoms with Gasteiger partial charge in [0.15, 0.2) is 0 Å². The van der Waals surface area contributed by atoms with Crippen LogP contribution in [0.1, 0.15) is 46.4 Å². The van der Waals surface area contributed by atoms with Crippen molar-refractivity contribution >= 4 is 27.6 Å². The zero-order chi connectivity index (χ0) is 24.0. The number of nitrogens with one attached hydrogen (secondary N) is 1. The van der Waals surface area contributed by atoms with Crippen LogP contribution < -0.4 is 10.1 Å². The van der Waals surface area contributed by atoms with Gasteiger partial charge in [-0.3, -0.25) is 4.79 Å². The topological polar surface area (TPSA) is 92.8 Å². The lowest BCUT2D eigenvalue weighted by molar-refractivity contribution is 0.0734. The van der Waals surface area contributed by atoms with E-state index in [9.17, 15) is 18.0 Å². The molecular formula is C26H26N2O5S.